The van der Waals surface area contributed by atoms with Crippen molar-refractivity contribution in [2.24, 2.45) is 0 Å². The maximum Gasteiger partial charge on any atom is 0.124 e. The van der Waals surface area contributed by atoms with E-state index in [-0.39, 0.29) is 4.90 Å². The highest BCUT2D eigenvalue weighted by Gasteiger charge is 2.04. The standard InChI is InChI=1S/C10H7BrO3S/c11-10-3-1-2-7-4-5-8(6-9(7)10)15(12,13)14/h1-6H,(H,12,13,14)/p-1. The molecule has 2 aromatic rings. The number of hydrogen-bond acceptors (Lipinski definition) is 3. The van der Waals surface area contributed by atoms with E-state index >= 15 is 0 Å². The topological polar surface area (TPSA) is 57.2 Å². The van der Waals surface area contributed by atoms with Crippen LogP contribution in [0.4, 0.5) is 0 Å². The van der Waals surface area contributed by atoms with Crippen molar-refractivity contribution in [1.29, 1.82) is 0 Å². The van der Waals surface area contributed by atoms with Crippen molar-refractivity contribution in [3.63, 3.8) is 0 Å². The second-order valence-corrected chi connectivity index (χ2v) is 5.31. The predicted octanol–water partition coefficient (Wildman–Crippen LogP) is 2.51. The molecule has 0 atom stereocenters. The van der Waals surface area contributed by atoms with E-state index in [9.17, 15) is 13.0 Å². The van der Waals surface area contributed by atoms with Gasteiger partial charge in [0.2, 0.25) is 0 Å². The van der Waals surface area contributed by atoms with Crippen LogP contribution in [0.5, 0.6) is 0 Å². The summed E-state index contributed by atoms with van der Waals surface area (Å²) in [5.74, 6) is 0. The smallest absolute Gasteiger partial charge is 0.124 e. The molecule has 2 aromatic carbocycles. The number of benzene rings is 2. The van der Waals surface area contributed by atoms with E-state index in [0.717, 1.165) is 15.2 Å². The number of halogens is 1. The maximum absolute atomic E-state index is 10.8. The number of hydrogen-bond donors (Lipinski definition) is 0. The molecule has 0 radical (unpaired) electrons. The van der Waals surface area contributed by atoms with Crippen LogP contribution < -0.4 is 0 Å². The van der Waals surface area contributed by atoms with Crippen LogP contribution in [-0.4, -0.2) is 13.0 Å². The van der Waals surface area contributed by atoms with Crippen molar-refractivity contribution in [2.75, 3.05) is 0 Å². The van der Waals surface area contributed by atoms with Crippen molar-refractivity contribution < 1.29 is 13.0 Å². The summed E-state index contributed by atoms with van der Waals surface area (Å²) in [6.45, 7) is 0. The first kappa shape index (κ1) is 10.6. The first-order valence-electron chi connectivity index (χ1n) is 4.13. The van der Waals surface area contributed by atoms with E-state index in [4.69, 9.17) is 0 Å². The van der Waals surface area contributed by atoms with E-state index in [1.54, 1.807) is 12.1 Å². The fourth-order valence-electron chi connectivity index (χ4n) is 1.37. The zero-order valence-electron chi connectivity index (χ0n) is 7.48. The van der Waals surface area contributed by atoms with E-state index in [1.165, 1.54) is 12.1 Å². The van der Waals surface area contributed by atoms with Crippen molar-refractivity contribution in [3.8, 4) is 0 Å². The number of rotatable bonds is 1. The van der Waals surface area contributed by atoms with Crippen LogP contribution in [0, 0.1) is 0 Å². The van der Waals surface area contributed by atoms with Gasteiger partial charge in [-0.1, -0.05) is 34.1 Å². The Labute approximate surface area is 95.6 Å². The third-order valence-electron chi connectivity index (χ3n) is 2.09. The normalized spacial score (nSPS) is 11.9. The van der Waals surface area contributed by atoms with Crippen LogP contribution in [0.1, 0.15) is 0 Å². The molecule has 0 amide bonds. The van der Waals surface area contributed by atoms with Gasteiger partial charge in [0.25, 0.3) is 0 Å². The van der Waals surface area contributed by atoms with Gasteiger partial charge in [0.05, 0.1) is 4.90 Å². The Morgan fingerprint density at radius 1 is 1.13 bits per heavy atom. The molecule has 0 unspecified atom stereocenters. The monoisotopic (exact) mass is 285 g/mol. The zero-order chi connectivity index (χ0) is 11.1. The van der Waals surface area contributed by atoms with Gasteiger partial charge in [-0.3, -0.25) is 0 Å². The quantitative estimate of drug-likeness (QED) is 0.757. The van der Waals surface area contributed by atoms with Crippen molar-refractivity contribution in [2.45, 2.75) is 4.90 Å². The summed E-state index contributed by atoms with van der Waals surface area (Å²) in [5, 5.41) is 1.60. The summed E-state index contributed by atoms with van der Waals surface area (Å²) in [6, 6.07) is 9.80. The van der Waals surface area contributed by atoms with Crippen LogP contribution in [0.25, 0.3) is 10.8 Å². The Balaban J connectivity index is 2.81. The van der Waals surface area contributed by atoms with Crippen LogP contribution in [0.2, 0.25) is 0 Å². The minimum atomic E-state index is -4.38. The van der Waals surface area contributed by atoms with Gasteiger partial charge >= 0.3 is 0 Å². The molecule has 0 aromatic heterocycles. The van der Waals surface area contributed by atoms with Gasteiger partial charge in [-0.05, 0) is 29.0 Å². The predicted molar refractivity (Wildman–Crippen MR) is 59.6 cm³/mol. The summed E-state index contributed by atoms with van der Waals surface area (Å²) in [5.41, 5.74) is 0. The molecule has 0 spiro atoms. The van der Waals surface area contributed by atoms with E-state index in [1.807, 2.05) is 12.1 Å². The molecule has 0 bridgehead atoms. The first-order chi connectivity index (χ1) is 6.98. The van der Waals surface area contributed by atoms with Crippen LogP contribution >= 0.6 is 15.9 Å². The van der Waals surface area contributed by atoms with Crippen LogP contribution in [0.3, 0.4) is 0 Å². The fourth-order valence-corrected chi connectivity index (χ4v) is 2.36. The third kappa shape index (κ3) is 2.04. The Morgan fingerprint density at radius 3 is 2.53 bits per heavy atom. The summed E-state index contributed by atoms with van der Waals surface area (Å²) in [7, 11) is -4.38. The Kier molecular flexibility index (Phi) is 2.54. The van der Waals surface area contributed by atoms with Crippen LogP contribution in [-0.2, 0) is 10.1 Å². The van der Waals surface area contributed by atoms with Crippen LogP contribution in [0.15, 0.2) is 45.8 Å². The molecular weight excluding hydrogens is 280 g/mol. The molecule has 0 aliphatic heterocycles. The molecule has 15 heavy (non-hydrogen) atoms. The molecule has 78 valence electrons. The van der Waals surface area contributed by atoms with Gasteiger partial charge in [-0.25, -0.2) is 8.42 Å². The van der Waals surface area contributed by atoms with Crippen molar-refractivity contribution in [1.82, 2.24) is 0 Å². The lowest BCUT2D eigenvalue weighted by molar-refractivity contribution is 0.463. The zero-order valence-corrected chi connectivity index (χ0v) is 9.88. The highest BCUT2D eigenvalue weighted by molar-refractivity contribution is 9.10. The molecule has 0 N–H and O–H groups in total. The first-order valence-corrected chi connectivity index (χ1v) is 6.33. The Hall–Kier alpha value is -0.910. The van der Waals surface area contributed by atoms with Gasteiger partial charge < -0.3 is 4.55 Å². The molecule has 0 saturated carbocycles. The van der Waals surface area contributed by atoms with E-state index in [2.05, 4.69) is 15.9 Å². The lowest BCUT2D eigenvalue weighted by Crippen LogP contribution is -1.97. The second-order valence-electron chi connectivity index (χ2n) is 3.08. The van der Waals surface area contributed by atoms with Crippen molar-refractivity contribution in [3.05, 3.63) is 40.9 Å². The van der Waals surface area contributed by atoms with Gasteiger partial charge in [0, 0.05) is 4.47 Å². The molecule has 3 nitrogen and oxygen atoms in total. The summed E-state index contributed by atoms with van der Waals surface area (Å²) in [6.07, 6.45) is 0. The summed E-state index contributed by atoms with van der Waals surface area (Å²) >= 11 is 3.30. The fraction of sp³-hybridized carbons (Fsp3) is 0. The minimum Gasteiger partial charge on any atom is -0.744 e. The molecule has 0 aliphatic rings. The maximum atomic E-state index is 10.8. The molecule has 2 rings (SSSR count). The second kappa shape index (κ2) is 3.59. The van der Waals surface area contributed by atoms with Gasteiger partial charge in [0.15, 0.2) is 0 Å². The Bertz CT molecular complexity index is 620. The SMILES string of the molecule is O=S(=O)([O-])c1ccc2cccc(Br)c2c1. The van der Waals surface area contributed by atoms with Gasteiger partial charge in [-0.15, -0.1) is 0 Å². The lowest BCUT2D eigenvalue weighted by atomic mass is 10.1. The largest absolute Gasteiger partial charge is 0.744 e. The van der Waals surface area contributed by atoms with E-state index < -0.39 is 10.1 Å². The summed E-state index contributed by atoms with van der Waals surface area (Å²) < 4.78 is 33.2. The van der Waals surface area contributed by atoms with Gasteiger partial charge in [-0.2, -0.15) is 0 Å². The number of fused-ring (bicyclic) bond motifs is 1. The minimum absolute atomic E-state index is 0.207. The third-order valence-corrected chi connectivity index (χ3v) is 3.61. The highest BCUT2D eigenvalue weighted by atomic mass is 79.9. The molecule has 0 heterocycles. The molecular formula is C10H6BrO3S-. The van der Waals surface area contributed by atoms with Gasteiger partial charge in [0.1, 0.15) is 10.1 Å². The molecule has 0 aliphatic carbocycles. The van der Waals surface area contributed by atoms with E-state index in [0.29, 0.717) is 0 Å². The molecule has 0 fully saturated rings. The highest BCUT2D eigenvalue weighted by Crippen LogP contribution is 2.26. The molecule has 5 heteroatoms. The van der Waals surface area contributed by atoms with Crippen molar-refractivity contribution >= 4 is 36.8 Å². The summed E-state index contributed by atoms with van der Waals surface area (Å²) in [4.78, 5) is -0.207. The Morgan fingerprint density at radius 2 is 1.87 bits per heavy atom. The molecule has 0 saturated heterocycles. The average molecular weight is 286 g/mol. The average Bonchev–Trinajstić information content (AvgIpc) is 2.16. The lowest BCUT2D eigenvalue weighted by Gasteiger charge is -2.08.